The molecular formula is C12H14N2OS. The van der Waals surface area contributed by atoms with E-state index >= 15 is 0 Å². The summed E-state index contributed by atoms with van der Waals surface area (Å²) in [5.74, 6) is 0.184. The number of carbonyl (C=O) groups excluding carboxylic acids is 1. The highest BCUT2D eigenvalue weighted by Gasteiger charge is 2.23. The van der Waals surface area contributed by atoms with Crippen LogP contribution in [0.1, 0.15) is 24.0 Å². The molecule has 16 heavy (non-hydrogen) atoms. The molecule has 1 aliphatic heterocycles. The van der Waals surface area contributed by atoms with Crippen LogP contribution in [0, 0.1) is 6.92 Å². The topological polar surface area (TPSA) is 46.3 Å². The summed E-state index contributed by atoms with van der Waals surface area (Å²) in [6.45, 7) is 2.78. The lowest BCUT2D eigenvalue weighted by atomic mass is 10.1. The maximum absolute atomic E-state index is 11.7. The van der Waals surface area contributed by atoms with Gasteiger partial charge in [0.2, 0.25) is 5.91 Å². The van der Waals surface area contributed by atoms with Crippen molar-refractivity contribution in [2.75, 3.05) is 11.4 Å². The molecule has 0 bridgehead atoms. The Morgan fingerprint density at radius 2 is 2.25 bits per heavy atom. The van der Waals surface area contributed by atoms with Crippen LogP contribution in [0.15, 0.2) is 18.2 Å². The number of thiocarbonyl (C=S) groups is 1. The van der Waals surface area contributed by atoms with Crippen molar-refractivity contribution >= 4 is 28.8 Å². The third-order valence-corrected chi connectivity index (χ3v) is 3.09. The van der Waals surface area contributed by atoms with Crippen LogP contribution < -0.4 is 10.6 Å². The van der Waals surface area contributed by atoms with Gasteiger partial charge in [-0.25, -0.2) is 0 Å². The van der Waals surface area contributed by atoms with Gasteiger partial charge in [0, 0.05) is 24.2 Å². The first-order valence-electron chi connectivity index (χ1n) is 5.30. The number of hydrogen-bond acceptors (Lipinski definition) is 2. The van der Waals surface area contributed by atoms with E-state index in [1.165, 1.54) is 0 Å². The molecule has 4 heteroatoms. The molecule has 1 heterocycles. The normalized spacial score (nSPS) is 15.6. The summed E-state index contributed by atoms with van der Waals surface area (Å²) in [7, 11) is 0. The molecule has 0 aromatic heterocycles. The summed E-state index contributed by atoms with van der Waals surface area (Å²) >= 11 is 4.94. The lowest BCUT2D eigenvalue weighted by molar-refractivity contribution is -0.117. The van der Waals surface area contributed by atoms with E-state index in [9.17, 15) is 4.79 Å². The predicted octanol–water partition coefficient (Wildman–Crippen LogP) is 1.76. The first-order chi connectivity index (χ1) is 7.59. The number of hydrogen-bond donors (Lipinski definition) is 1. The highest BCUT2D eigenvalue weighted by atomic mass is 32.1. The van der Waals surface area contributed by atoms with Gasteiger partial charge in [0.15, 0.2) is 0 Å². The van der Waals surface area contributed by atoms with Crippen LogP contribution in [0.2, 0.25) is 0 Å². The summed E-state index contributed by atoms with van der Waals surface area (Å²) in [6.07, 6.45) is 1.56. The fourth-order valence-corrected chi connectivity index (χ4v) is 2.08. The van der Waals surface area contributed by atoms with Crippen LogP contribution in [0.4, 0.5) is 5.69 Å². The van der Waals surface area contributed by atoms with E-state index < -0.39 is 0 Å². The smallest absolute Gasteiger partial charge is 0.227 e. The minimum absolute atomic E-state index is 0.184. The molecule has 84 valence electrons. The number of nitrogens with two attached hydrogens (primary N) is 1. The number of aryl methyl sites for hydroxylation is 1. The van der Waals surface area contributed by atoms with Crippen molar-refractivity contribution in [1.29, 1.82) is 0 Å². The van der Waals surface area contributed by atoms with E-state index in [-0.39, 0.29) is 5.91 Å². The molecule has 1 aliphatic rings. The minimum atomic E-state index is 0.184. The van der Waals surface area contributed by atoms with Crippen molar-refractivity contribution in [2.24, 2.45) is 5.73 Å². The molecule has 0 spiro atoms. The van der Waals surface area contributed by atoms with Crippen LogP contribution in [0.3, 0.4) is 0 Å². The number of benzene rings is 1. The predicted molar refractivity (Wildman–Crippen MR) is 68.7 cm³/mol. The van der Waals surface area contributed by atoms with Crippen LogP contribution in [0.25, 0.3) is 0 Å². The first kappa shape index (κ1) is 11.1. The second-order valence-electron chi connectivity index (χ2n) is 4.01. The van der Waals surface area contributed by atoms with Gasteiger partial charge in [0.05, 0.1) is 0 Å². The molecule has 1 amide bonds. The summed E-state index contributed by atoms with van der Waals surface area (Å²) in [5, 5.41) is 0. The van der Waals surface area contributed by atoms with Crippen molar-refractivity contribution in [1.82, 2.24) is 0 Å². The standard InChI is InChI=1S/C12H14N2OS/c1-8-4-5-9(12(13)16)7-10(8)14-6-2-3-11(14)15/h4-5,7H,2-3,6H2,1H3,(H2,13,16). The lowest BCUT2D eigenvalue weighted by Crippen LogP contribution is -2.25. The molecule has 0 aliphatic carbocycles. The number of anilines is 1. The van der Waals surface area contributed by atoms with Crippen molar-refractivity contribution in [3.05, 3.63) is 29.3 Å². The summed E-state index contributed by atoms with van der Waals surface area (Å²) < 4.78 is 0. The Balaban J connectivity index is 2.42. The van der Waals surface area contributed by atoms with Gasteiger partial charge in [-0.3, -0.25) is 4.79 Å². The lowest BCUT2D eigenvalue weighted by Gasteiger charge is -2.19. The zero-order valence-electron chi connectivity index (χ0n) is 9.19. The molecule has 0 saturated carbocycles. The van der Waals surface area contributed by atoms with Crippen molar-refractivity contribution < 1.29 is 4.79 Å². The summed E-state index contributed by atoms with van der Waals surface area (Å²) in [6, 6.07) is 5.75. The summed E-state index contributed by atoms with van der Waals surface area (Å²) in [5.41, 5.74) is 8.43. The fourth-order valence-electron chi connectivity index (χ4n) is 1.96. The Labute approximate surface area is 100 Å². The van der Waals surface area contributed by atoms with E-state index in [0.29, 0.717) is 11.4 Å². The number of carbonyl (C=O) groups is 1. The molecule has 1 aromatic rings. The highest BCUT2D eigenvalue weighted by Crippen LogP contribution is 2.26. The number of nitrogens with zero attached hydrogens (tertiary/aromatic N) is 1. The molecule has 1 aromatic carbocycles. The highest BCUT2D eigenvalue weighted by molar-refractivity contribution is 7.80. The van der Waals surface area contributed by atoms with Gasteiger partial charge in [0.1, 0.15) is 4.99 Å². The molecule has 2 rings (SSSR count). The van der Waals surface area contributed by atoms with Gasteiger partial charge >= 0.3 is 0 Å². The van der Waals surface area contributed by atoms with E-state index in [2.05, 4.69) is 0 Å². The van der Waals surface area contributed by atoms with Crippen molar-refractivity contribution in [3.63, 3.8) is 0 Å². The number of rotatable bonds is 2. The SMILES string of the molecule is Cc1ccc(C(N)=S)cc1N1CCCC1=O. The van der Waals surface area contributed by atoms with E-state index in [1.807, 2.05) is 30.0 Å². The zero-order valence-corrected chi connectivity index (χ0v) is 10.0. The largest absolute Gasteiger partial charge is 0.389 e. The average molecular weight is 234 g/mol. The Morgan fingerprint density at radius 1 is 1.50 bits per heavy atom. The third kappa shape index (κ3) is 1.93. The first-order valence-corrected chi connectivity index (χ1v) is 5.71. The molecule has 1 saturated heterocycles. The van der Waals surface area contributed by atoms with Gasteiger partial charge in [-0.1, -0.05) is 24.4 Å². The second-order valence-corrected chi connectivity index (χ2v) is 4.45. The molecular weight excluding hydrogens is 220 g/mol. The van der Waals surface area contributed by atoms with Crippen LogP contribution in [-0.2, 0) is 4.79 Å². The average Bonchev–Trinajstić information content (AvgIpc) is 2.65. The Kier molecular flexibility index (Phi) is 2.92. The van der Waals surface area contributed by atoms with E-state index in [1.54, 1.807) is 0 Å². The monoisotopic (exact) mass is 234 g/mol. The van der Waals surface area contributed by atoms with Crippen LogP contribution in [0.5, 0.6) is 0 Å². The zero-order chi connectivity index (χ0) is 11.7. The molecule has 0 atom stereocenters. The fraction of sp³-hybridized carbons (Fsp3) is 0.333. The van der Waals surface area contributed by atoms with Gasteiger partial charge in [-0.05, 0) is 25.0 Å². The maximum Gasteiger partial charge on any atom is 0.227 e. The quantitative estimate of drug-likeness (QED) is 0.793. The molecule has 3 nitrogen and oxygen atoms in total. The van der Waals surface area contributed by atoms with Crippen molar-refractivity contribution in [2.45, 2.75) is 19.8 Å². The Bertz CT molecular complexity index is 456. The maximum atomic E-state index is 11.7. The Morgan fingerprint density at radius 3 is 2.81 bits per heavy atom. The van der Waals surface area contributed by atoms with E-state index in [4.69, 9.17) is 18.0 Å². The number of amides is 1. The third-order valence-electron chi connectivity index (χ3n) is 2.86. The molecule has 0 unspecified atom stereocenters. The van der Waals surface area contributed by atoms with Crippen LogP contribution in [-0.4, -0.2) is 17.4 Å². The van der Waals surface area contributed by atoms with Gasteiger partial charge < -0.3 is 10.6 Å². The molecule has 2 N–H and O–H groups in total. The molecule has 0 radical (unpaired) electrons. The second kappa shape index (κ2) is 4.22. The van der Waals surface area contributed by atoms with Gasteiger partial charge in [0.25, 0.3) is 0 Å². The van der Waals surface area contributed by atoms with Crippen molar-refractivity contribution in [3.8, 4) is 0 Å². The van der Waals surface area contributed by atoms with Gasteiger partial charge in [-0.2, -0.15) is 0 Å². The van der Waals surface area contributed by atoms with Crippen LogP contribution >= 0.6 is 12.2 Å². The minimum Gasteiger partial charge on any atom is -0.389 e. The Hall–Kier alpha value is -1.42. The molecule has 1 fully saturated rings. The van der Waals surface area contributed by atoms with E-state index in [0.717, 1.165) is 29.8 Å². The van der Waals surface area contributed by atoms with Gasteiger partial charge in [-0.15, -0.1) is 0 Å². The summed E-state index contributed by atoms with van der Waals surface area (Å²) in [4.78, 5) is 13.9.